The summed E-state index contributed by atoms with van der Waals surface area (Å²) in [6, 6.07) is 1.03. The molecule has 0 heterocycles. The minimum absolute atomic E-state index is 0.362. The molecule has 88 valence electrons. The Morgan fingerprint density at radius 2 is 1.88 bits per heavy atom. The molecule has 0 fully saturated rings. The topological polar surface area (TPSA) is 78.3 Å². The second kappa shape index (κ2) is 3.87. The van der Waals surface area contributed by atoms with Crippen LogP contribution in [0.15, 0.2) is 12.1 Å². The van der Waals surface area contributed by atoms with E-state index in [2.05, 4.69) is 4.74 Å². The largest absolute Gasteiger partial charge is 0.573 e. The maximum atomic E-state index is 13.0. The summed E-state index contributed by atoms with van der Waals surface area (Å²) in [4.78, 5) is 10.7. The summed E-state index contributed by atoms with van der Waals surface area (Å²) >= 11 is 0. The van der Waals surface area contributed by atoms with Gasteiger partial charge in [0, 0.05) is 11.8 Å². The van der Waals surface area contributed by atoms with Gasteiger partial charge in [-0.25, -0.2) is 4.39 Å². The number of nitrogen functional groups attached to an aromatic ring is 1. The molecular formula is C8H6F4N2O2. The zero-order valence-electron chi connectivity index (χ0n) is 7.64. The average Bonchev–Trinajstić information content (AvgIpc) is 2.07. The monoisotopic (exact) mass is 238 g/mol. The zero-order valence-corrected chi connectivity index (χ0v) is 7.64. The molecule has 0 unspecified atom stereocenters. The molecule has 0 atom stereocenters. The fraction of sp³-hybridized carbons (Fsp3) is 0.125. The average molecular weight is 238 g/mol. The third-order valence-corrected chi connectivity index (χ3v) is 1.60. The first kappa shape index (κ1) is 12.1. The van der Waals surface area contributed by atoms with Crippen molar-refractivity contribution in [2.75, 3.05) is 5.73 Å². The highest BCUT2D eigenvalue weighted by atomic mass is 19.4. The second-order valence-corrected chi connectivity index (χ2v) is 2.78. The Morgan fingerprint density at radius 3 is 2.31 bits per heavy atom. The van der Waals surface area contributed by atoms with Crippen molar-refractivity contribution in [2.45, 2.75) is 6.36 Å². The number of rotatable bonds is 2. The highest BCUT2D eigenvalue weighted by Gasteiger charge is 2.33. The fourth-order valence-electron chi connectivity index (χ4n) is 0.985. The van der Waals surface area contributed by atoms with E-state index >= 15 is 0 Å². The van der Waals surface area contributed by atoms with E-state index in [0.29, 0.717) is 12.1 Å². The molecule has 1 rings (SSSR count). The Balaban J connectivity index is 3.20. The Kier molecular flexibility index (Phi) is 2.92. The number of alkyl halides is 3. The van der Waals surface area contributed by atoms with Crippen molar-refractivity contribution in [3.05, 3.63) is 23.5 Å². The lowest BCUT2D eigenvalue weighted by Gasteiger charge is -2.11. The fourth-order valence-corrected chi connectivity index (χ4v) is 0.985. The van der Waals surface area contributed by atoms with Crippen LogP contribution in [0.1, 0.15) is 10.4 Å². The molecule has 0 aliphatic heterocycles. The summed E-state index contributed by atoms with van der Waals surface area (Å²) in [6.45, 7) is 0. The number of benzene rings is 1. The van der Waals surface area contributed by atoms with E-state index in [1.807, 2.05) is 0 Å². The molecule has 16 heavy (non-hydrogen) atoms. The van der Waals surface area contributed by atoms with Gasteiger partial charge in [-0.15, -0.1) is 13.2 Å². The van der Waals surface area contributed by atoms with E-state index in [4.69, 9.17) is 11.5 Å². The number of ether oxygens (including phenoxy) is 1. The van der Waals surface area contributed by atoms with Crippen molar-refractivity contribution < 1.29 is 27.1 Å². The van der Waals surface area contributed by atoms with Crippen LogP contribution in [0.25, 0.3) is 0 Å². The van der Waals surface area contributed by atoms with Crippen LogP contribution in [0.5, 0.6) is 5.75 Å². The summed E-state index contributed by atoms with van der Waals surface area (Å²) in [5.41, 5.74) is 9.19. The van der Waals surface area contributed by atoms with Crippen LogP contribution < -0.4 is 16.2 Å². The molecule has 1 amide bonds. The predicted molar refractivity (Wildman–Crippen MR) is 46.0 cm³/mol. The number of hydrogen-bond acceptors (Lipinski definition) is 3. The normalized spacial score (nSPS) is 11.2. The van der Waals surface area contributed by atoms with Crippen molar-refractivity contribution in [1.82, 2.24) is 0 Å². The third kappa shape index (κ3) is 2.75. The molecule has 1 aromatic rings. The molecule has 0 radical (unpaired) electrons. The van der Waals surface area contributed by atoms with Crippen LogP contribution in [-0.2, 0) is 0 Å². The smallest absolute Gasteiger partial charge is 0.403 e. The standard InChI is InChI=1S/C8H6F4N2O2/c9-4-2-5(13)3(7(14)15)1-6(4)16-8(10,11)12/h1-2H,13H2,(H2,14,15). The SMILES string of the molecule is NC(=O)c1cc(OC(F)(F)F)c(F)cc1N. The maximum Gasteiger partial charge on any atom is 0.573 e. The van der Waals surface area contributed by atoms with Crippen LogP contribution in [0.4, 0.5) is 23.2 Å². The van der Waals surface area contributed by atoms with Crippen LogP contribution in [-0.4, -0.2) is 12.3 Å². The van der Waals surface area contributed by atoms with E-state index in [-0.39, 0.29) is 5.69 Å². The highest BCUT2D eigenvalue weighted by Crippen LogP contribution is 2.29. The van der Waals surface area contributed by atoms with Crippen molar-refractivity contribution in [2.24, 2.45) is 5.73 Å². The second-order valence-electron chi connectivity index (χ2n) is 2.78. The Labute approximate surface area is 86.8 Å². The molecule has 0 saturated carbocycles. The first-order chi connectivity index (χ1) is 7.20. The number of carbonyl (C=O) groups is 1. The van der Waals surface area contributed by atoms with Gasteiger partial charge < -0.3 is 16.2 Å². The summed E-state index contributed by atoms with van der Waals surface area (Å²) in [6.07, 6.45) is -5.06. The quantitative estimate of drug-likeness (QED) is 0.603. The van der Waals surface area contributed by atoms with E-state index in [0.717, 1.165) is 0 Å². The number of carbonyl (C=O) groups excluding carboxylic acids is 1. The molecule has 1 aromatic carbocycles. The Bertz CT molecular complexity index is 431. The molecule has 0 saturated heterocycles. The number of hydrogen-bond donors (Lipinski definition) is 2. The number of amides is 1. The van der Waals surface area contributed by atoms with Crippen LogP contribution in [0.3, 0.4) is 0 Å². The number of primary amides is 1. The van der Waals surface area contributed by atoms with Gasteiger partial charge in [-0.3, -0.25) is 4.79 Å². The lowest BCUT2D eigenvalue weighted by Crippen LogP contribution is -2.20. The number of halogens is 4. The molecule has 4 nitrogen and oxygen atoms in total. The van der Waals surface area contributed by atoms with Crippen LogP contribution in [0.2, 0.25) is 0 Å². The first-order valence-corrected chi connectivity index (χ1v) is 3.85. The molecule has 0 aromatic heterocycles. The van der Waals surface area contributed by atoms with Gasteiger partial charge in [0.1, 0.15) is 0 Å². The van der Waals surface area contributed by atoms with E-state index in [1.165, 1.54) is 0 Å². The van der Waals surface area contributed by atoms with Gasteiger partial charge in [0.15, 0.2) is 11.6 Å². The van der Waals surface area contributed by atoms with E-state index in [1.54, 1.807) is 0 Å². The summed E-state index contributed by atoms with van der Waals surface area (Å²) in [5, 5.41) is 0. The Morgan fingerprint density at radius 1 is 1.31 bits per heavy atom. The highest BCUT2D eigenvalue weighted by molar-refractivity contribution is 5.98. The molecule has 0 aliphatic rings. The third-order valence-electron chi connectivity index (χ3n) is 1.60. The Hall–Kier alpha value is -1.99. The van der Waals surface area contributed by atoms with Crippen molar-refractivity contribution in [3.63, 3.8) is 0 Å². The maximum absolute atomic E-state index is 13.0. The van der Waals surface area contributed by atoms with Crippen LogP contribution in [0, 0.1) is 5.82 Å². The summed E-state index contributed by atoms with van der Waals surface area (Å²) in [5.74, 6) is -3.57. The van der Waals surface area contributed by atoms with Crippen molar-refractivity contribution >= 4 is 11.6 Å². The molecule has 4 N–H and O–H groups in total. The minimum Gasteiger partial charge on any atom is -0.403 e. The van der Waals surface area contributed by atoms with Crippen molar-refractivity contribution in [3.8, 4) is 5.75 Å². The lowest BCUT2D eigenvalue weighted by molar-refractivity contribution is -0.275. The van der Waals surface area contributed by atoms with E-state index in [9.17, 15) is 22.4 Å². The minimum atomic E-state index is -5.06. The zero-order chi connectivity index (χ0) is 12.5. The first-order valence-electron chi connectivity index (χ1n) is 3.85. The number of nitrogens with two attached hydrogens (primary N) is 2. The van der Waals surface area contributed by atoms with Gasteiger partial charge in [0.25, 0.3) is 5.91 Å². The van der Waals surface area contributed by atoms with Gasteiger partial charge in [0.2, 0.25) is 0 Å². The van der Waals surface area contributed by atoms with Gasteiger partial charge in [-0.05, 0) is 6.07 Å². The molecule has 0 bridgehead atoms. The summed E-state index contributed by atoms with van der Waals surface area (Å²) < 4.78 is 51.8. The van der Waals surface area contributed by atoms with E-state index < -0.39 is 29.4 Å². The van der Waals surface area contributed by atoms with Gasteiger partial charge >= 0.3 is 6.36 Å². The predicted octanol–water partition coefficient (Wildman–Crippen LogP) is 1.41. The van der Waals surface area contributed by atoms with Gasteiger partial charge in [0.05, 0.1) is 5.56 Å². The molecular weight excluding hydrogens is 232 g/mol. The molecule has 8 heteroatoms. The van der Waals surface area contributed by atoms with Gasteiger partial charge in [-0.1, -0.05) is 0 Å². The van der Waals surface area contributed by atoms with Gasteiger partial charge in [-0.2, -0.15) is 0 Å². The van der Waals surface area contributed by atoms with Crippen molar-refractivity contribution in [1.29, 1.82) is 0 Å². The number of anilines is 1. The molecule has 0 spiro atoms. The van der Waals surface area contributed by atoms with Crippen LogP contribution >= 0.6 is 0 Å². The molecule has 0 aliphatic carbocycles. The lowest BCUT2D eigenvalue weighted by atomic mass is 10.1. The summed E-state index contributed by atoms with van der Waals surface area (Å²) in [7, 11) is 0.